The maximum absolute atomic E-state index is 10.6. The van der Waals surface area contributed by atoms with Gasteiger partial charge < -0.3 is 15.2 Å². The second-order valence-electron chi connectivity index (χ2n) is 5.98. The van der Waals surface area contributed by atoms with E-state index in [1.165, 1.54) is 6.42 Å². The molecule has 2 atom stereocenters. The quantitative estimate of drug-likeness (QED) is 0.839. The highest BCUT2D eigenvalue weighted by atomic mass is 16.5. The molecule has 1 fully saturated rings. The van der Waals surface area contributed by atoms with Crippen molar-refractivity contribution < 1.29 is 9.84 Å². The number of nitrogens with zero attached hydrogens (tertiary/aromatic N) is 1. The lowest BCUT2D eigenvalue weighted by atomic mass is 9.79. The first-order valence-corrected chi connectivity index (χ1v) is 7.67. The van der Waals surface area contributed by atoms with Crippen LogP contribution in [-0.2, 0) is 0 Å². The van der Waals surface area contributed by atoms with Crippen LogP contribution in [0.4, 0.5) is 5.82 Å². The third-order valence-corrected chi connectivity index (χ3v) is 3.88. The predicted molar refractivity (Wildman–Crippen MR) is 81.1 cm³/mol. The van der Waals surface area contributed by atoms with Gasteiger partial charge in [-0.25, -0.2) is 4.98 Å². The Bertz CT molecular complexity index is 425. The van der Waals surface area contributed by atoms with Crippen molar-refractivity contribution in [3.8, 4) is 5.75 Å². The average molecular weight is 278 g/mol. The molecule has 0 aliphatic heterocycles. The predicted octanol–water partition coefficient (Wildman–Crippen LogP) is 3.22. The molecule has 1 aliphatic rings. The van der Waals surface area contributed by atoms with Crippen LogP contribution in [0.2, 0.25) is 0 Å². The van der Waals surface area contributed by atoms with Gasteiger partial charge in [0, 0.05) is 12.7 Å². The van der Waals surface area contributed by atoms with E-state index < -0.39 is 5.60 Å². The summed E-state index contributed by atoms with van der Waals surface area (Å²) in [6, 6.07) is 3.78. The molecule has 0 spiro atoms. The van der Waals surface area contributed by atoms with Crippen LogP contribution in [0, 0.1) is 5.92 Å². The highest BCUT2D eigenvalue weighted by molar-refractivity contribution is 5.49. The second kappa shape index (κ2) is 6.93. The SMILES string of the molecule is CCCOc1cccnc1NCC1(O)CCCC(C)C1. The van der Waals surface area contributed by atoms with Crippen molar-refractivity contribution in [1.29, 1.82) is 0 Å². The molecule has 0 bridgehead atoms. The van der Waals surface area contributed by atoms with E-state index in [1.54, 1.807) is 6.20 Å². The molecule has 0 radical (unpaired) electrons. The number of anilines is 1. The number of hydrogen-bond donors (Lipinski definition) is 2. The number of nitrogens with one attached hydrogen (secondary N) is 1. The van der Waals surface area contributed by atoms with Gasteiger partial charge in [-0.3, -0.25) is 0 Å². The van der Waals surface area contributed by atoms with Gasteiger partial charge in [-0.15, -0.1) is 0 Å². The van der Waals surface area contributed by atoms with Crippen LogP contribution >= 0.6 is 0 Å². The van der Waals surface area contributed by atoms with E-state index in [9.17, 15) is 5.11 Å². The Morgan fingerprint density at radius 1 is 1.55 bits per heavy atom. The Labute approximate surface area is 121 Å². The smallest absolute Gasteiger partial charge is 0.168 e. The van der Waals surface area contributed by atoms with E-state index in [1.807, 2.05) is 12.1 Å². The van der Waals surface area contributed by atoms with Gasteiger partial charge in [0.15, 0.2) is 11.6 Å². The minimum atomic E-state index is -0.614. The number of aromatic nitrogens is 1. The maximum atomic E-state index is 10.6. The summed E-state index contributed by atoms with van der Waals surface area (Å²) in [6.45, 7) is 5.51. The summed E-state index contributed by atoms with van der Waals surface area (Å²) >= 11 is 0. The van der Waals surface area contributed by atoms with Gasteiger partial charge >= 0.3 is 0 Å². The van der Waals surface area contributed by atoms with E-state index in [-0.39, 0.29) is 0 Å². The lowest BCUT2D eigenvalue weighted by Gasteiger charge is -2.35. The van der Waals surface area contributed by atoms with Crippen LogP contribution in [0.25, 0.3) is 0 Å². The summed E-state index contributed by atoms with van der Waals surface area (Å²) in [4.78, 5) is 4.32. The van der Waals surface area contributed by atoms with Crippen LogP contribution in [0.15, 0.2) is 18.3 Å². The van der Waals surface area contributed by atoms with Crippen molar-refractivity contribution in [2.45, 2.75) is 51.6 Å². The van der Waals surface area contributed by atoms with Crippen LogP contribution < -0.4 is 10.1 Å². The summed E-state index contributed by atoms with van der Waals surface area (Å²) in [5, 5.41) is 13.9. The number of rotatable bonds is 6. The zero-order chi connectivity index (χ0) is 14.4. The van der Waals surface area contributed by atoms with Gasteiger partial charge in [0.05, 0.1) is 12.2 Å². The largest absolute Gasteiger partial charge is 0.490 e. The molecule has 4 heteroatoms. The van der Waals surface area contributed by atoms with E-state index in [0.29, 0.717) is 19.1 Å². The molecule has 1 saturated carbocycles. The Morgan fingerprint density at radius 2 is 2.40 bits per heavy atom. The van der Waals surface area contributed by atoms with Crippen LogP contribution in [0.5, 0.6) is 5.75 Å². The molecule has 1 heterocycles. The van der Waals surface area contributed by atoms with Gasteiger partial charge in [0.1, 0.15) is 0 Å². The van der Waals surface area contributed by atoms with E-state index in [4.69, 9.17) is 4.74 Å². The highest BCUT2D eigenvalue weighted by Crippen LogP contribution is 2.33. The van der Waals surface area contributed by atoms with Crippen molar-refractivity contribution in [1.82, 2.24) is 4.98 Å². The van der Waals surface area contributed by atoms with Gasteiger partial charge in [-0.1, -0.05) is 26.7 Å². The van der Waals surface area contributed by atoms with Crippen LogP contribution in [-0.4, -0.2) is 28.8 Å². The fraction of sp³-hybridized carbons (Fsp3) is 0.688. The van der Waals surface area contributed by atoms with Gasteiger partial charge in [-0.05, 0) is 37.3 Å². The lowest BCUT2D eigenvalue weighted by molar-refractivity contribution is -0.000859. The molecule has 0 amide bonds. The summed E-state index contributed by atoms with van der Waals surface area (Å²) in [5.74, 6) is 2.09. The Balaban J connectivity index is 1.96. The molecule has 4 nitrogen and oxygen atoms in total. The highest BCUT2D eigenvalue weighted by Gasteiger charge is 2.32. The maximum Gasteiger partial charge on any atom is 0.168 e. The summed E-state index contributed by atoms with van der Waals surface area (Å²) < 4.78 is 5.67. The average Bonchev–Trinajstić information content (AvgIpc) is 2.43. The van der Waals surface area contributed by atoms with E-state index in [2.05, 4.69) is 24.1 Å². The zero-order valence-corrected chi connectivity index (χ0v) is 12.6. The third kappa shape index (κ3) is 4.10. The molecule has 0 saturated heterocycles. The zero-order valence-electron chi connectivity index (χ0n) is 12.6. The standard InChI is InChI=1S/C16H26N2O2/c1-3-10-20-14-7-5-9-17-15(14)18-12-16(19)8-4-6-13(2)11-16/h5,7,9,13,19H,3-4,6,8,10-12H2,1-2H3,(H,17,18). The monoisotopic (exact) mass is 278 g/mol. The first-order chi connectivity index (χ1) is 9.63. The Hall–Kier alpha value is -1.29. The fourth-order valence-corrected chi connectivity index (χ4v) is 2.89. The number of hydrogen-bond acceptors (Lipinski definition) is 4. The second-order valence-corrected chi connectivity index (χ2v) is 5.98. The summed E-state index contributed by atoms with van der Waals surface area (Å²) in [5.41, 5.74) is -0.614. The summed E-state index contributed by atoms with van der Waals surface area (Å²) in [6.07, 6.45) is 6.75. The van der Waals surface area contributed by atoms with Gasteiger partial charge in [0.25, 0.3) is 0 Å². The van der Waals surface area contributed by atoms with Crippen molar-refractivity contribution in [3.05, 3.63) is 18.3 Å². The Morgan fingerprint density at radius 3 is 3.15 bits per heavy atom. The molecule has 2 N–H and O–H groups in total. The normalized spacial score (nSPS) is 26.2. The van der Waals surface area contributed by atoms with Crippen LogP contribution in [0.1, 0.15) is 46.0 Å². The van der Waals surface area contributed by atoms with Crippen molar-refractivity contribution in [2.24, 2.45) is 5.92 Å². The van der Waals surface area contributed by atoms with Gasteiger partial charge in [-0.2, -0.15) is 0 Å². The molecular weight excluding hydrogens is 252 g/mol. The molecule has 1 aromatic heterocycles. The van der Waals surface area contributed by atoms with E-state index in [0.717, 1.165) is 37.3 Å². The molecular formula is C16H26N2O2. The van der Waals surface area contributed by atoms with Crippen molar-refractivity contribution in [3.63, 3.8) is 0 Å². The topological polar surface area (TPSA) is 54.4 Å². The first kappa shape index (κ1) is 15.1. The fourth-order valence-electron chi connectivity index (χ4n) is 2.89. The van der Waals surface area contributed by atoms with Gasteiger partial charge in [0.2, 0.25) is 0 Å². The Kier molecular flexibility index (Phi) is 5.24. The minimum Gasteiger partial charge on any atom is -0.490 e. The molecule has 1 aliphatic carbocycles. The van der Waals surface area contributed by atoms with Crippen molar-refractivity contribution >= 4 is 5.82 Å². The third-order valence-electron chi connectivity index (χ3n) is 3.88. The molecule has 2 unspecified atom stereocenters. The number of aliphatic hydroxyl groups is 1. The molecule has 112 valence electrons. The lowest BCUT2D eigenvalue weighted by Crippen LogP contribution is -2.41. The van der Waals surface area contributed by atoms with Crippen LogP contribution in [0.3, 0.4) is 0 Å². The number of pyridine rings is 1. The molecule has 20 heavy (non-hydrogen) atoms. The number of ether oxygens (including phenoxy) is 1. The molecule has 0 aromatic carbocycles. The minimum absolute atomic E-state index is 0.539. The molecule has 1 aromatic rings. The van der Waals surface area contributed by atoms with E-state index >= 15 is 0 Å². The molecule has 2 rings (SSSR count). The first-order valence-electron chi connectivity index (χ1n) is 7.67. The van der Waals surface area contributed by atoms with Crippen molar-refractivity contribution in [2.75, 3.05) is 18.5 Å². The summed E-state index contributed by atoms with van der Waals surface area (Å²) in [7, 11) is 0.